The molecular formula is C15H25N3O2. The normalized spacial score (nSPS) is 25.9. The molecule has 0 unspecified atom stereocenters. The lowest BCUT2D eigenvalue weighted by atomic mass is 9.73. The summed E-state index contributed by atoms with van der Waals surface area (Å²) in [4.78, 5) is 28.6. The lowest BCUT2D eigenvalue weighted by Crippen LogP contribution is -2.59. The van der Waals surface area contributed by atoms with Gasteiger partial charge in [0.25, 0.3) is 0 Å². The highest BCUT2D eigenvalue weighted by atomic mass is 16.2. The third kappa shape index (κ3) is 2.43. The van der Waals surface area contributed by atoms with E-state index >= 15 is 0 Å². The second-order valence-corrected chi connectivity index (χ2v) is 6.65. The summed E-state index contributed by atoms with van der Waals surface area (Å²) in [5.41, 5.74) is -0.169. The fraction of sp³-hybridized carbons (Fsp3) is 0.867. The summed E-state index contributed by atoms with van der Waals surface area (Å²) in [6.45, 7) is 1.77. The Kier molecular flexibility index (Phi) is 3.71. The summed E-state index contributed by atoms with van der Waals surface area (Å²) < 4.78 is 0. The molecule has 5 heteroatoms. The largest absolute Gasteiger partial charge is 0.354 e. The molecule has 0 radical (unpaired) electrons. The van der Waals surface area contributed by atoms with Crippen molar-refractivity contribution in [2.75, 3.05) is 26.7 Å². The summed E-state index contributed by atoms with van der Waals surface area (Å²) in [5, 5.41) is 2.90. The highest BCUT2D eigenvalue weighted by molar-refractivity contribution is 5.83. The van der Waals surface area contributed by atoms with Crippen molar-refractivity contribution < 1.29 is 9.59 Å². The first-order chi connectivity index (χ1) is 9.61. The van der Waals surface area contributed by atoms with E-state index in [1.165, 1.54) is 19.3 Å². The van der Waals surface area contributed by atoms with Gasteiger partial charge in [0, 0.05) is 25.6 Å². The molecule has 0 aromatic carbocycles. The van der Waals surface area contributed by atoms with Gasteiger partial charge in [-0.05, 0) is 39.2 Å². The van der Waals surface area contributed by atoms with Gasteiger partial charge in [-0.3, -0.25) is 14.5 Å². The Bertz CT molecular complexity index is 402. The summed E-state index contributed by atoms with van der Waals surface area (Å²) in [5.74, 6) is 0.308. The van der Waals surface area contributed by atoms with E-state index in [-0.39, 0.29) is 17.4 Å². The van der Waals surface area contributed by atoms with Crippen molar-refractivity contribution in [1.29, 1.82) is 0 Å². The van der Waals surface area contributed by atoms with Crippen LogP contribution < -0.4 is 5.32 Å². The number of hydrogen-bond donors (Lipinski definition) is 1. The van der Waals surface area contributed by atoms with Gasteiger partial charge in [0.05, 0.1) is 12.1 Å². The summed E-state index contributed by atoms with van der Waals surface area (Å²) >= 11 is 0. The molecule has 2 amide bonds. The maximum Gasteiger partial charge on any atom is 0.237 e. The number of rotatable bonds is 3. The van der Waals surface area contributed by atoms with Crippen LogP contribution in [0.1, 0.15) is 44.9 Å². The van der Waals surface area contributed by atoms with Gasteiger partial charge in [0.2, 0.25) is 11.8 Å². The molecule has 1 aliphatic heterocycles. The average molecular weight is 279 g/mol. The Labute approximate surface area is 120 Å². The van der Waals surface area contributed by atoms with Crippen LogP contribution in [0, 0.1) is 0 Å². The van der Waals surface area contributed by atoms with Crippen LogP contribution in [0.25, 0.3) is 0 Å². The number of amides is 2. The van der Waals surface area contributed by atoms with Crippen molar-refractivity contribution in [3.8, 4) is 0 Å². The van der Waals surface area contributed by atoms with Gasteiger partial charge in [-0.25, -0.2) is 0 Å². The first-order valence-electron chi connectivity index (χ1n) is 7.88. The second-order valence-electron chi connectivity index (χ2n) is 6.65. The number of nitrogens with zero attached hydrogens (tertiary/aromatic N) is 2. The van der Waals surface area contributed by atoms with Crippen LogP contribution in [0.5, 0.6) is 0 Å². The number of hydrogen-bond acceptors (Lipinski definition) is 3. The van der Waals surface area contributed by atoms with Crippen LogP contribution in [0.3, 0.4) is 0 Å². The van der Waals surface area contributed by atoms with Crippen LogP contribution in [0.2, 0.25) is 0 Å². The van der Waals surface area contributed by atoms with Crippen molar-refractivity contribution >= 4 is 11.8 Å². The molecule has 1 saturated heterocycles. The van der Waals surface area contributed by atoms with Crippen LogP contribution in [0.15, 0.2) is 0 Å². The Morgan fingerprint density at radius 1 is 1.40 bits per heavy atom. The molecule has 1 heterocycles. The smallest absolute Gasteiger partial charge is 0.237 e. The van der Waals surface area contributed by atoms with Gasteiger partial charge < -0.3 is 10.2 Å². The van der Waals surface area contributed by atoms with E-state index < -0.39 is 0 Å². The van der Waals surface area contributed by atoms with Gasteiger partial charge in [0.1, 0.15) is 0 Å². The van der Waals surface area contributed by atoms with Crippen LogP contribution in [0.4, 0.5) is 0 Å². The molecule has 112 valence electrons. The molecule has 3 rings (SSSR count). The van der Waals surface area contributed by atoms with Gasteiger partial charge in [0.15, 0.2) is 0 Å². The molecule has 3 aliphatic rings. The van der Waals surface area contributed by atoms with Crippen molar-refractivity contribution in [3.63, 3.8) is 0 Å². The Hall–Kier alpha value is -1.10. The predicted octanol–water partition coefficient (Wildman–Crippen LogP) is 0.742. The predicted molar refractivity (Wildman–Crippen MR) is 76.2 cm³/mol. The lowest BCUT2D eigenvalue weighted by molar-refractivity contribution is -0.144. The molecule has 0 aromatic rings. The third-order valence-corrected chi connectivity index (χ3v) is 5.39. The van der Waals surface area contributed by atoms with Gasteiger partial charge in [-0.1, -0.05) is 6.42 Å². The Morgan fingerprint density at radius 3 is 2.70 bits per heavy atom. The number of carbonyl (C=O) groups excluding carboxylic acids is 2. The van der Waals surface area contributed by atoms with E-state index in [1.807, 2.05) is 4.90 Å². The highest BCUT2D eigenvalue weighted by Gasteiger charge is 2.47. The Morgan fingerprint density at radius 2 is 2.15 bits per heavy atom. The zero-order chi connectivity index (χ0) is 14.2. The molecule has 0 bridgehead atoms. The summed E-state index contributed by atoms with van der Waals surface area (Å²) in [6.07, 6.45) is 7.32. The molecule has 2 aliphatic carbocycles. The maximum atomic E-state index is 12.7. The van der Waals surface area contributed by atoms with E-state index in [1.54, 1.807) is 0 Å². The Balaban J connectivity index is 1.66. The third-order valence-electron chi connectivity index (χ3n) is 5.39. The van der Waals surface area contributed by atoms with Gasteiger partial charge in [-0.15, -0.1) is 0 Å². The molecule has 20 heavy (non-hydrogen) atoms. The number of nitrogens with one attached hydrogen (secondary N) is 1. The molecule has 5 nitrogen and oxygen atoms in total. The first kappa shape index (κ1) is 13.9. The minimum atomic E-state index is -0.169. The number of likely N-dealkylation sites (N-methyl/N-ethyl adjacent to an activating group) is 1. The molecular weight excluding hydrogens is 254 g/mol. The van der Waals surface area contributed by atoms with E-state index in [4.69, 9.17) is 0 Å². The van der Waals surface area contributed by atoms with Crippen LogP contribution in [-0.2, 0) is 9.59 Å². The molecule has 0 atom stereocenters. The average Bonchev–Trinajstić information content (AvgIpc) is 2.44. The minimum Gasteiger partial charge on any atom is -0.354 e. The van der Waals surface area contributed by atoms with Gasteiger partial charge in [-0.2, -0.15) is 0 Å². The second kappa shape index (κ2) is 5.35. The molecule has 2 saturated carbocycles. The van der Waals surface area contributed by atoms with Crippen molar-refractivity contribution in [1.82, 2.24) is 15.1 Å². The zero-order valence-electron chi connectivity index (χ0n) is 12.4. The maximum absolute atomic E-state index is 12.7. The van der Waals surface area contributed by atoms with E-state index in [0.29, 0.717) is 32.1 Å². The van der Waals surface area contributed by atoms with Crippen LogP contribution in [-0.4, -0.2) is 59.9 Å². The molecule has 3 fully saturated rings. The SMILES string of the molecule is CN(CC(=O)N1CCNC(=O)CC12CCC2)C1CCC1. The summed E-state index contributed by atoms with van der Waals surface area (Å²) in [7, 11) is 2.05. The fourth-order valence-corrected chi connectivity index (χ4v) is 3.68. The van der Waals surface area contributed by atoms with Crippen molar-refractivity contribution in [3.05, 3.63) is 0 Å². The number of carbonyl (C=O) groups is 2. The van der Waals surface area contributed by atoms with Crippen LogP contribution >= 0.6 is 0 Å². The van der Waals surface area contributed by atoms with E-state index in [2.05, 4.69) is 17.3 Å². The topological polar surface area (TPSA) is 52.7 Å². The lowest BCUT2D eigenvalue weighted by Gasteiger charge is -2.49. The quantitative estimate of drug-likeness (QED) is 0.829. The monoisotopic (exact) mass is 279 g/mol. The van der Waals surface area contributed by atoms with Crippen molar-refractivity contribution in [2.45, 2.75) is 56.5 Å². The molecule has 0 aromatic heterocycles. The van der Waals surface area contributed by atoms with Crippen molar-refractivity contribution in [2.24, 2.45) is 0 Å². The molecule has 1 N–H and O–H groups in total. The molecule has 1 spiro atoms. The standard InChI is InChI=1S/C15H25N3O2/c1-17(12-4-2-5-12)11-14(20)18-9-8-16-13(19)10-15(18)6-3-7-15/h12H,2-11H2,1H3,(H,16,19). The van der Waals surface area contributed by atoms with E-state index in [0.717, 1.165) is 19.3 Å². The minimum absolute atomic E-state index is 0.104. The first-order valence-corrected chi connectivity index (χ1v) is 7.88. The fourth-order valence-electron chi connectivity index (χ4n) is 3.68. The summed E-state index contributed by atoms with van der Waals surface area (Å²) in [6, 6.07) is 0.586. The van der Waals surface area contributed by atoms with E-state index in [9.17, 15) is 9.59 Å². The highest BCUT2D eigenvalue weighted by Crippen LogP contribution is 2.41. The zero-order valence-corrected chi connectivity index (χ0v) is 12.4. The van der Waals surface area contributed by atoms with Gasteiger partial charge >= 0.3 is 0 Å².